The lowest BCUT2D eigenvalue weighted by Crippen LogP contribution is -2.46. The number of hydrogen-bond acceptors (Lipinski definition) is 5. The van der Waals surface area contributed by atoms with Gasteiger partial charge < -0.3 is 15.4 Å². The van der Waals surface area contributed by atoms with Crippen LogP contribution in [0.25, 0.3) is 0 Å². The van der Waals surface area contributed by atoms with E-state index in [-0.39, 0.29) is 10.8 Å². The van der Waals surface area contributed by atoms with Gasteiger partial charge >= 0.3 is 0 Å². The number of rotatable bonds is 7. The molecule has 2 N–H and O–H groups in total. The molecule has 0 spiro atoms. The molecule has 0 saturated carbocycles. The molecule has 0 atom stereocenters. The summed E-state index contributed by atoms with van der Waals surface area (Å²) in [6.45, 7) is 2.67. The first-order valence-electron chi connectivity index (χ1n) is 9.33. The fourth-order valence-electron chi connectivity index (χ4n) is 3.14. The van der Waals surface area contributed by atoms with Crippen molar-refractivity contribution in [3.63, 3.8) is 0 Å². The van der Waals surface area contributed by atoms with E-state index >= 15 is 0 Å². The zero-order valence-corrected chi connectivity index (χ0v) is 17.7. The molecule has 156 valence electrons. The third-order valence-electron chi connectivity index (χ3n) is 4.74. The van der Waals surface area contributed by atoms with Gasteiger partial charge in [-0.25, -0.2) is 8.42 Å². The summed E-state index contributed by atoms with van der Waals surface area (Å²) in [5, 5.41) is 6.44. The highest BCUT2D eigenvalue weighted by Crippen LogP contribution is 2.22. The number of hydrogen-bond donors (Lipinski definition) is 2. The Kier molecular flexibility index (Phi) is 7.13. The number of nitrogens with one attached hydrogen (secondary N) is 2. The summed E-state index contributed by atoms with van der Waals surface area (Å²) in [6, 6.07) is 11.7. The van der Waals surface area contributed by atoms with Crippen molar-refractivity contribution >= 4 is 27.5 Å². The van der Waals surface area contributed by atoms with Crippen molar-refractivity contribution in [2.75, 3.05) is 39.8 Å². The lowest BCUT2D eigenvalue weighted by molar-refractivity contribution is 0.0951. The van der Waals surface area contributed by atoms with Crippen molar-refractivity contribution in [2.45, 2.75) is 11.3 Å². The summed E-state index contributed by atoms with van der Waals surface area (Å²) in [7, 11) is -1.97. The Morgan fingerprint density at radius 2 is 1.86 bits per heavy atom. The summed E-state index contributed by atoms with van der Waals surface area (Å²) < 4.78 is 32.0. The number of carbonyl (C=O) groups is 1. The van der Waals surface area contributed by atoms with Crippen molar-refractivity contribution in [2.24, 2.45) is 0 Å². The fourth-order valence-corrected chi connectivity index (χ4v) is 4.75. The number of halogens is 1. The number of ether oxygens (including phenoxy) is 1. The Bertz CT molecular complexity index is 958. The molecule has 1 aliphatic rings. The molecule has 0 aromatic heterocycles. The average molecular weight is 438 g/mol. The molecule has 1 aliphatic heterocycles. The van der Waals surface area contributed by atoms with E-state index in [9.17, 15) is 13.2 Å². The van der Waals surface area contributed by atoms with E-state index in [0.717, 1.165) is 5.56 Å². The molecule has 1 amide bonds. The van der Waals surface area contributed by atoms with Gasteiger partial charge in [0, 0.05) is 37.7 Å². The Balaban J connectivity index is 1.58. The Morgan fingerprint density at radius 1 is 1.17 bits per heavy atom. The van der Waals surface area contributed by atoms with E-state index in [1.807, 2.05) is 0 Å². The predicted octanol–water partition coefficient (Wildman–Crippen LogP) is 1.91. The molecule has 2 aromatic carbocycles. The van der Waals surface area contributed by atoms with Gasteiger partial charge in [0.15, 0.2) is 0 Å². The van der Waals surface area contributed by atoms with Crippen LogP contribution in [0.1, 0.15) is 15.9 Å². The average Bonchev–Trinajstić information content (AvgIpc) is 2.74. The van der Waals surface area contributed by atoms with E-state index in [1.165, 1.54) is 11.4 Å². The Morgan fingerprint density at radius 3 is 2.52 bits per heavy atom. The fraction of sp³-hybridized carbons (Fsp3) is 0.350. The summed E-state index contributed by atoms with van der Waals surface area (Å²) in [4.78, 5) is 12.7. The summed E-state index contributed by atoms with van der Waals surface area (Å²) in [5.41, 5.74) is 1.31. The van der Waals surface area contributed by atoms with E-state index in [2.05, 4.69) is 10.6 Å². The van der Waals surface area contributed by atoms with Gasteiger partial charge in [0.1, 0.15) is 5.75 Å². The molecule has 2 aromatic rings. The molecule has 1 fully saturated rings. The van der Waals surface area contributed by atoms with Gasteiger partial charge in [0.05, 0.1) is 17.6 Å². The van der Waals surface area contributed by atoms with Crippen LogP contribution in [0.3, 0.4) is 0 Å². The van der Waals surface area contributed by atoms with Crippen LogP contribution in [0.5, 0.6) is 5.75 Å². The maximum absolute atomic E-state index is 12.7. The van der Waals surface area contributed by atoms with Crippen molar-refractivity contribution < 1.29 is 17.9 Å². The Hall–Kier alpha value is -2.13. The number of benzene rings is 2. The van der Waals surface area contributed by atoms with Crippen LogP contribution in [0.15, 0.2) is 47.4 Å². The maximum Gasteiger partial charge on any atom is 0.255 e. The smallest absolute Gasteiger partial charge is 0.255 e. The quantitative estimate of drug-likeness (QED) is 0.691. The molecule has 0 aliphatic carbocycles. The van der Waals surface area contributed by atoms with E-state index in [1.54, 1.807) is 42.5 Å². The third-order valence-corrected chi connectivity index (χ3v) is 6.89. The Labute approximate surface area is 176 Å². The second-order valence-corrected chi connectivity index (χ2v) is 9.02. The second kappa shape index (κ2) is 9.58. The van der Waals surface area contributed by atoms with Crippen molar-refractivity contribution in [3.8, 4) is 5.75 Å². The van der Waals surface area contributed by atoms with Crippen LogP contribution in [0, 0.1) is 0 Å². The number of nitrogens with zero attached hydrogens (tertiary/aromatic N) is 1. The predicted molar refractivity (Wildman–Crippen MR) is 112 cm³/mol. The van der Waals surface area contributed by atoms with Crippen molar-refractivity contribution in [1.82, 2.24) is 14.9 Å². The summed E-state index contributed by atoms with van der Waals surface area (Å²) >= 11 is 5.96. The number of carbonyl (C=O) groups excluding carboxylic acids is 1. The van der Waals surface area contributed by atoms with E-state index in [4.69, 9.17) is 16.3 Å². The molecule has 1 saturated heterocycles. The van der Waals surface area contributed by atoms with E-state index in [0.29, 0.717) is 55.5 Å². The van der Waals surface area contributed by atoms with Gasteiger partial charge in [-0.1, -0.05) is 23.7 Å². The van der Waals surface area contributed by atoms with Gasteiger partial charge in [-0.15, -0.1) is 0 Å². The molecular formula is C20H24ClN3O4S. The van der Waals surface area contributed by atoms with Crippen LogP contribution < -0.4 is 15.4 Å². The van der Waals surface area contributed by atoms with Crippen LogP contribution >= 0.6 is 11.6 Å². The molecule has 3 rings (SSSR count). The first-order valence-corrected chi connectivity index (χ1v) is 11.1. The number of sulfonamides is 1. The van der Waals surface area contributed by atoms with Crippen molar-refractivity contribution in [3.05, 3.63) is 58.6 Å². The van der Waals surface area contributed by atoms with Gasteiger partial charge in [-0.3, -0.25) is 4.79 Å². The van der Waals surface area contributed by atoms with Crippen LogP contribution in [0.4, 0.5) is 0 Å². The molecular weight excluding hydrogens is 414 g/mol. The lowest BCUT2D eigenvalue weighted by Gasteiger charge is -2.26. The maximum atomic E-state index is 12.7. The molecule has 0 bridgehead atoms. The molecule has 9 heteroatoms. The van der Waals surface area contributed by atoms with Gasteiger partial charge in [0.25, 0.3) is 5.91 Å². The molecule has 29 heavy (non-hydrogen) atoms. The highest BCUT2D eigenvalue weighted by Gasteiger charge is 2.25. The van der Waals surface area contributed by atoms with Crippen LogP contribution in [-0.4, -0.2) is 58.5 Å². The second-order valence-electron chi connectivity index (χ2n) is 6.65. The lowest BCUT2D eigenvalue weighted by atomic mass is 10.1. The molecule has 0 radical (unpaired) electrons. The topological polar surface area (TPSA) is 87.7 Å². The normalized spacial score (nSPS) is 15.1. The van der Waals surface area contributed by atoms with Gasteiger partial charge in [-0.2, -0.15) is 4.31 Å². The minimum atomic E-state index is -3.46. The van der Waals surface area contributed by atoms with E-state index < -0.39 is 10.0 Å². The highest BCUT2D eigenvalue weighted by molar-refractivity contribution is 7.89. The van der Waals surface area contributed by atoms with Gasteiger partial charge in [-0.05, 0) is 42.3 Å². The molecule has 7 nitrogen and oxygen atoms in total. The van der Waals surface area contributed by atoms with Crippen LogP contribution in [-0.2, 0) is 16.4 Å². The highest BCUT2D eigenvalue weighted by atomic mass is 35.5. The first kappa shape index (κ1) is 21.6. The van der Waals surface area contributed by atoms with Gasteiger partial charge in [0.2, 0.25) is 10.0 Å². The summed E-state index contributed by atoms with van der Waals surface area (Å²) in [6.07, 6.45) is 0.572. The zero-order chi connectivity index (χ0) is 20.9. The SMILES string of the molecule is COc1ccc(Cl)cc1C(=O)NCCc1ccc(S(=O)(=O)N2CCNCC2)cc1. The minimum Gasteiger partial charge on any atom is -0.496 e. The zero-order valence-electron chi connectivity index (χ0n) is 16.2. The largest absolute Gasteiger partial charge is 0.496 e. The number of methoxy groups -OCH3 is 1. The van der Waals surface area contributed by atoms with Crippen molar-refractivity contribution in [1.29, 1.82) is 0 Å². The first-order chi connectivity index (χ1) is 13.9. The number of piperazine rings is 1. The summed E-state index contributed by atoms with van der Waals surface area (Å²) in [5.74, 6) is 0.177. The number of amides is 1. The minimum absolute atomic E-state index is 0.276. The van der Waals surface area contributed by atoms with Crippen LogP contribution in [0.2, 0.25) is 5.02 Å². The standard InChI is InChI=1S/C20H24ClN3O4S/c1-28-19-7-4-16(21)14-18(19)20(25)23-9-8-15-2-5-17(6-3-15)29(26,27)24-12-10-22-11-13-24/h2-7,14,22H,8-13H2,1H3,(H,23,25). The molecule has 1 heterocycles. The third kappa shape index (κ3) is 5.27. The molecule has 0 unspecified atom stereocenters. The monoisotopic (exact) mass is 437 g/mol.